The number of unbranched alkanes of at least 4 members (excludes halogenated alkanes) is 2. The van der Waals surface area contributed by atoms with Crippen molar-refractivity contribution >= 4 is 23.7 Å². The van der Waals surface area contributed by atoms with Gasteiger partial charge < -0.3 is 15.8 Å². The van der Waals surface area contributed by atoms with Gasteiger partial charge in [0.15, 0.2) is 0 Å². The van der Waals surface area contributed by atoms with E-state index in [1.165, 1.54) is 5.56 Å². The molecule has 0 heterocycles. The molecule has 2 rings (SSSR count). The van der Waals surface area contributed by atoms with Gasteiger partial charge in [0.05, 0.1) is 5.69 Å². The van der Waals surface area contributed by atoms with E-state index in [0.717, 1.165) is 28.9 Å². The summed E-state index contributed by atoms with van der Waals surface area (Å²) in [7, 11) is 0. The largest absolute Gasteiger partial charge is 0.444 e. The first kappa shape index (κ1) is 27.9. The summed E-state index contributed by atoms with van der Waals surface area (Å²) in [5.41, 5.74) is 8.80. The van der Waals surface area contributed by atoms with Gasteiger partial charge in [-0.25, -0.2) is 14.5 Å². The van der Waals surface area contributed by atoms with Gasteiger partial charge in [0, 0.05) is 13.0 Å². The van der Waals surface area contributed by atoms with Crippen LogP contribution < -0.4 is 16.0 Å². The molecule has 0 radical (unpaired) electrons. The van der Waals surface area contributed by atoms with Gasteiger partial charge in [0.1, 0.15) is 5.60 Å². The van der Waals surface area contributed by atoms with Crippen LogP contribution in [0.4, 0.5) is 15.3 Å². The number of hydrogen-bond donors (Lipinski definition) is 2. The third-order valence-electron chi connectivity index (χ3n) is 5.26. The average molecular weight is 482 g/mol. The van der Waals surface area contributed by atoms with Crippen LogP contribution >= 0.6 is 0 Å². The maximum atomic E-state index is 12.7. The Bertz CT molecular complexity index is 977. The summed E-state index contributed by atoms with van der Waals surface area (Å²) in [6, 6.07) is 14.9. The van der Waals surface area contributed by atoms with E-state index in [4.69, 9.17) is 10.5 Å². The summed E-state index contributed by atoms with van der Waals surface area (Å²) in [6.07, 6.45) is 2.78. The molecular formula is C28H39N3O4. The van der Waals surface area contributed by atoms with Gasteiger partial charge in [0.25, 0.3) is 0 Å². The molecule has 0 atom stereocenters. The average Bonchev–Trinajstić information content (AvgIpc) is 2.75. The molecule has 7 nitrogen and oxygen atoms in total. The first-order valence-corrected chi connectivity index (χ1v) is 12.2. The Kier molecular flexibility index (Phi) is 10.3. The van der Waals surface area contributed by atoms with Crippen LogP contribution in [0.5, 0.6) is 0 Å². The second-order valence-electron chi connectivity index (χ2n) is 10.1. The summed E-state index contributed by atoms with van der Waals surface area (Å²) in [4.78, 5) is 37.4. The molecule has 35 heavy (non-hydrogen) atoms. The number of primary amides is 1. The SMILES string of the molecule is CC(C)Cc1ccc(-c2ccc(N(C(N)=O)C(=O)CCCCCNC(=O)OC(C)(C)C)cc2)cc1. The Morgan fingerprint density at radius 2 is 1.49 bits per heavy atom. The van der Waals surface area contributed by atoms with Crippen LogP contribution in [0.1, 0.15) is 65.9 Å². The maximum absolute atomic E-state index is 12.7. The second-order valence-corrected chi connectivity index (χ2v) is 10.1. The molecule has 0 aromatic heterocycles. The number of rotatable bonds is 10. The number of imide groups is 1. The molecule has 0 fully saturated rings. The van der Waals surface area contributed by atoms with Crippen molar-refractivity contribution in [1.29, 1.82) is 0 Å². The lowest BCUT2D eigenvalue weighted by atomic mass is 9.99. The van der Waals surface area contributed by atoms with Crippen molar-refractivity contribution in [1.82, 2.24) is 5.32 Å². The summed E-state index contributed by atoms with van der Waals surface area (Å²) in [5, 5.41) is 2.69. The summed E-state index contributed by atoms with van der Waals surface area (Å²) in [5.74, 6) is 0.259. The van der Waals surface area contributed by atoms with Crippen LogP contribution in [0.3, 0.4) is 0 Å². The van der Waals surface area contributed by atoms with E-state index in [9.17, 15) is 14.4 Å². The Morgan fingerprint density at radius 1 is 0.914 bits per heavy atom. The molecule has 0 unspecified atom stereocenters. The molecule has 0 aliphatic carbocycles. The number of amides is 4. The quantitative estimate of drug-likeness (QED) is 0.403. The number of ether oxygens (including phenoxy) is 1. The van der Waals surface area contributed by atoms with Crippen LogP contribution in [-0.4, -0.2) is 30.2 Å². The smallest absolute Gasteiger partial charge is 0.407 e. The van der Waals surface area contributed by atoms with Crippen molar-refractivity contribution in [2.75, 3.05) is 11.4 Å². The van der Waals surface area contributed by atoms with Crippen LogP contribution in [0, 0.1) is 5.92 Å². The highest BCUT2D eigenvalue weighted by Crippen LogP contribution is 2.25. The lowest BCUT2D eigenvalue weighted by Crippen LogP contribution is -2.40. The Labute approximate surface area is 209 Å². The van der Waals surface area contributed by atoms with Gasteiger partial charge in [-0.15, -0.1) is 0 Å². The zero-order valence-electron chi connectivity index (χ0n) is 21.6. The fraction of sp³-hybridized carbons (Fsp3) is 0.464. The van der Waals surface area contributed by atoms with Crippen molar-refractivity contribution in [2.24, 2.45) is 11.7 Å². The first-order chi connectivity index (χ1) is 16.5. The summed E-state index contributed by atoms with van der Waals surface area (Å²) < 4.78 is 5.18. The third kappa shape index (κ3) is 9.81. The zero-order chi connectivity index (χ0) is 26.0. The molecule has 190 valence electrons. The monoisotopic (exact) mass is 481 g/mol. The Morgan fingerprint density at radius 3 is 2.00 bits per heavy atom. The fourth-order valence-corrected chi connectivity index (χ4v) is 3.70. The highest BCUT2D eigenvalue weighted by molar-refractivity contribution is 6.13. The summed E-state index contributed by atoms with van der Waals surface area (Å²) >= 11 is 0. The molecule has 0 spiro atoms. The molecule has 0 saturated carbocycles. The molecule has 2 aromatic rings. The Hall–Kier alpha value is -3.35. The second kappa shape index (κ2) is 12.9. The van der Waals surface area contributed by atoms with E-state index in [0.29, 0.717) is 31.0 Å². The van der Waals surface area contributed by atoms with Crippen LogP contribution in [0.15, 0.2) is 48.5 Å². The van der Waals surface area contributed by atoms with Gasteiger partial charge in [0.2, 0.25) is 5.91 Å². The van der Waals surface area contributed by atoms with E-state index < -0.39 is 17.7 Å². The summed E-state index contributed by atoms with van der Waals surface area (Å²) in [6.45, 7) is 10.3. The van der Waals surface area contributed by atoms with Crippen molar-refractivity contribution in [3.63, 3.8) is 0 Å². The molecule has 0 bridgehead atoms. The van der Waals surface area contributed by atoms with Crippen LogP contribution in [0.25, 0.3) is 11.1 Å². The van der Waals surface area contributed by atoms with E-state index >= 15 is 0 Å². The normalized spacial score (nSPS) is 11.3. The van der Waals surface area contributed by atoms with Crippen molar-refractivity contribution in [3.8, 4) is 11.1 Å². The molecule has 0 aliphatic heterocycles. The molecule has 7 heteroatoms. The predicted octanol–water partition coefficient (Wildman–Crippen LogP) is 6.05. The number of nitrogens with one attached hydrogen (secondary N) is 1. The minimum Gasteiger partial charge on any atom is -0.444 e. The van der Waals surface area contributed by atoms with Gasteiger partial charge in [-0.05, 0) is 74.8 Å². The lowest BCUT2D eigenvalue weighted by Gasteiger charge is -2.20. The van der Waals surface area contributed by atoms with Crippen LogP contribution in [0.2, 0.25) is 0 Å². The number of urea groups is 1. The fourth-order valence-electron chi connectivity index (χ4n) is 3.70. The zero-order valence-corrected chi connectivity index (χ0v) is 21.6. The number of carbonyl (C=O) groups excluding carboxylic acids is 3. The lowest BCUT2D eigenvalue weighted by molar-refractivity contribution is -0.118. The molecular weight excluding hydrogens is 442 g/mol. The van der Waals surface area contributed by atoms with Crippen molar-refractivity contribution in [3.05, 3.63) is 54.1 Å². The molecule has 3 N–H and O–H groups in total. The number of benzene rings is 2. The van der Waals surface area contributed by atoms with E-state index in [1.807, 2.05) is 12.1 Å². The first-order valence-electron chi connectivity index (χ1n) is 12.2. The standard InChI is InChI=1S/C28H39N3O4/c1-20(2)19-21-10-12-22(13-11-21)23-14-16-24(17-15-23)31(26(29)33)25(32)9-7-6-8-18-30-27(34)35-28(3,4)5/h10-17,20H,6-9,18-19H2,1-5H3,(H2,29,33)(H,30,34). The van der Waals surface area contributed by atoms with Crippen molar-refractivity contribution in [2.45, 2.75) is 72.3 Å². The van der Waals surface area contributed by atoms with E-state index in [2.05, 4.69) is 43.4 Å². The number of anilines is 1. The van der Waals surface area contributed by atoms with Gasteiger partial charge in [-0.2, -0.15) is 0 Å². The third-order valence-corrected chi connectivity index (χ3v) is 5.26. The number of carbonyl (C=O) groups is 3. The Balaban J connectivity index is 1.87. The highest BCUT2D eigenvalue weighted by Gasteiger charge is 2.21. The van der Waals surface area contributed by atoms with Crippen LogP contribution in [-0.2, 0) is 16.0 Å². The number of hydrogen-bond acceptors (Lipinski definition) is 4. The molecule has 0 aliphatic rings. The number of nitrogens with two attached hydrogens (primary N) is 1. The number of nitrogens with zero attached hydrogens (tertiary/aromatic N) is 1. The van der Waals surface area contributed by atoms with Gasteiger partial charge >= 0.3 is 12.1 Å². The molecule has 0 saturated heterocycles. The van der Waals surface area contributed by atoms with Gasteiger partial charge in [-0.1, -0.05) is 56.7 Å². The topological polar surface area (TPSA) is 102 Å². The predicted molar refractivity (Wildman–Crippen MR) is 140 cm³/mol. The molecule has 2 aromatic carbocycles. The van der Waals surface area contributed by atoms with E-state index in [-0.39, 0.29) is 12.3 Å². The number of alkyl carbamates (subject to hydrolysis) is 1. The van der Waals surface area contributed by atoms with Gasteiger partial charge in [-0.3, -0.25) is 4.79 Å². The van der Waals surface area contributed by atoms with E-state index in [1.54, 1.807) is 32.9 Å². The van der Waals surface area contributed by atoms with Crippen molar-refractivity contribution < 1.29 is 19.1 Å². The minimum atomic E-state index is -0.799. The minimum absolute atomic E-state index is 0.189. The maximum Gasteiger partial charge on any atom is 0.407 e. The highest BCUT2D eigenvalue weighted by atomic mass is 16.6. The molecule has 4 amide bonds.